The van der Waals surface area contributed by atoms with Crippen molar-refractivity contribution in [1.29, 1.82) is 0 Å². The highest BCUT2D eigenvalue weighted by Crippen LogP contribution is 1.87. The summed E-state index contributed by atoms with van der Waals surface area (Å²) in [5.41, 5.74) is 0. The van der Waals surface area contributed by atoms with Crippen LogP contribution in [0.15, 0.2) is 4.99 Å². The van der Waals surface area contributed by atoms with Crippen LogP contribution in [-0.2, 0) is 9.47 Å². The first-order valence-corrected chi connectivity index (χ1v) is 7.24. The molecule has 0 radical (unpaired) electrons. The van der Waals surface area contributed by atoms with Crippen molar-refractivity contribution in [2.24, 2.45) is 4.99 Å². The molecule has 0 aliphatic heterocycles. The highest BCUT2D eigenvalue weighted by molar-refractivity contribution is 7.98. The Morgan fingerprint density at radius 2 is 1.94 bits per heavy atom. The maximum absolute atomic E-state index is 5.36. The lowest BCUT2D eigenvalue weighted by Crippen LogP contribution is -2.39. The van der Waals surface area contributed by atoms with E-state index in [9.17, 15) is 0 Å². The van der Waals surface area contributed by atoms with Crippen LogP contribution in [0.25, 0.3) is 0 Å². The first-order valence-electron chi connectivity index (χ1n) is 5.85. The number of thioether (sulfide) groups is 1. The van der Waals surface area contributed by atoms with Crippen molar-refractivity contribution in [2.75, 3.05) is 59.1 Å². The van der Waals surface area contributed by atoms with Crippen LogP contribution >= 0.6 is 11.8 Å². The Bertz CT molecular complexity index is 192. The van der Waals surface area contributed by atoms with Gasteiger partial charge in [0, 0.05) is 39.6 Å². The zero-order valence-corrected chi connectivity index (χ0v) is 11.9. The Labute approximate surface area is 109 Å². The summed E-state index contributed by atoms with van der Waals surface area (Å²) in [6, 6.07) is 0. The molecule has 0 saturated carbocycles. The van der Waals surface area contributed by atoms with Crippen LogP contribution in [0.1, 0.15) is 6.42 Å². The molecule has 0 aliphatic rings. The molecule has 102 valence electrons. The minimum Gasteiger partial charge on any atom is -0.382 e. The summed E-state index contributed by atoms with van der Waals surface area (Å²) >= 11 is 1.82. The molecule has 0 fully saturated rings. The van der Waals surface area contributed by atoms with Crippen molar-refractivity contribution in [1.82, 2.24) is 10.6 Å². The molecule has 0 bridgehead atoms. The number of nitrogens with zero attached hydrogens (tertiary/aromatic N) is 1. The van der Waals surface area contributed by atoms with Crippen molar-refractivity contribution in [2.45, 2.75) is 6.42 Å². The Hall–Kier alpha value is -0.460. The lowest BCUT2D eigenvalue weighted by molar-refractivity contribution is 0.0698. The maximum atomic E-state index is 5.36. The molecule has 0 amide bonds. The molecular formula is C11H25N3O2S. The fourth-order valence-corrected chi connectivity index (χ4v) is 1.42. The first kappa shape index (κ1) is 16.5. The number of rotatable bonds is 10. The van der Waals surface area contributed by atoms with Gasteiger partial charge in [-0.1, -0.05) is 0 Å². The van der Waals surface area contributed by atoms with Crippen LogP contribution in [0, 0.1) is 0 Å². The number of hydrogen-bond acceptors (Lipinski definition) is 4. The Balaban J connectivity index is 3.32. The predicted molar refractivity (Wildman–Crippen MR) is 75.1 cm³/mol. The quantitative estimate of drug-likeness (QED) is 0.343. The normalized spacial score (nSPS) is 11.6. The second-order valence-corrected chi connectivity index (χ2v) is 4.36. The molecule has 0 aromatic carbocycles. The van der Waals surface area contributed by atoms with Gasteiger partial charge in [0.15, 0.2) is 5.96 Å². The lowest BCUT2D eigenvalue weighted by atomic mass is 10.4. The number of guanidine groups is 1. The summed E-state index contributed by atoms with van der Waals surface area (Å²) in [6.45, 7) is 3.87. The Morgan fingerprint density at radius 3 is 2.59 bits per heavy atom. The van der Waals surface area contributed by atoms with Crippen LogP contribution in [0.2, 0.25) is 0 Å². The highest BCUT2D eigenvalue weighted by atomic mass is 32.2. The van der Waals surface area contributed by atoms with Crippen LogP contribution in [0.5, 0.6) is 0 Å². The van der Waals surface area contributed by atoms with Crippen LogP contribution in [0.4, 0.5) is 0 Å². The second-order valence-electron chi connectivity index (χ2n) is 3.38. The van der Waals surface area contributed by atoms with Gasteiger partial charge < -0.3 is 20.1 Å². The van der Waals surface area contributed by atoms with E-state index in [2.05, 4.69) is 21.9 Å². The zero-order chi connectivity index (χ0) is 12.8. The van der Waals surface area contributed by atoms with E-state index >= 15 is 0 Å². The second kappa shape index (κ2) is 13.6. The third kappa shape index (κ3) is 11.8. The molecule has 0 saturated heterocycles. The van der Waals surface area contributed by atoms with Gasteiger partial charge in [0.2, 0.25) is 0 Å². The van der Waals surface area contributed by atoms with Crippen molar-refractivity contribution >= 4 is 17.7 Å². The van der Waals surface area contributed by atoms with E-state index in [-0.39, 0.29) is 0 Å². The minimum atomic E-state index is 0.658. The molecule has 0 spiro atoms. The lowest BCUT2D eigenvalue weighted by Gasteiger charge is -2.11. The monoisotopic (exact) mass is 263 g/mol. The third-order valence-electron chi connectivity index (χ3n) is 2.01. The zero-order valence-electron chi connectivity index (χ0n) is 11.1. The molecule has 17 heavy (non-hydrogen) atoms. The summed E-state index contributed by atoms with van der Waals surface area (Å²) in [5.74, 6) is 1.94. The van der Waals surface area contributed by atoms with Gasteiger partial charge in [-0.05, 0) is 12.7 Å². The van der Waals surface area contributed by atoms with E-state index in [0.717, 1.165) is 37.8 Å². The van der Waals surface area contributed by atoms with Gasteiger partial charge >= 0.3 is 0 Å². The van der Waals surface area contributed by atoms with Crippen LogP contribution in [0.3, 0.4) is 0 Å². The molecule has 0 rings (SSSR count). The summed E-state index contributed by atoms with van der Waals surface area (Å²) in [4.78, 5) is 4.13. The van der Waals surface area contributed by atoms with Crippen LogP contribution in [-0.4, -0.2) is 65.0 Å². The molecular weight excluding hydrogens is 238 g/mol. The van der Waals surface area contributed by atoms with E-state index in [0.29, 0.717) is 13.2 Å². The average molecular weight is 263 g/mol. The first-order chi connectivity index (χ1) is 8.35. The SMILES string of the molecule is CN=C(NCCCOCCOC)NCCSC. The van der Waals surface area contributed by atoms with Gasteiger partial charge in [-0.25, -0.2) is 0 Å². The molecule has 5 nitrogen and oxygen atoms in total. The Morgan fingerprint density at radius 1 is 1.18 bits per heavy atom. The van der Waals surface area contributed by atoms with Crippen molar-refractivity contribution in [3.63, 3.8) is 0 Å². The van der Waals surface area contributed by atoms with Crippen LogP contribution < -0.4 is 10.6 Å². The van der Waals surface area contributed by atoms with Gasteiger partial charge in [-0.2, -0.15) is 11.8 Å². The highest BCUT2D eigenvalue weighted by Gasteiger charge is 1.95. The molecule has 2 N–H and O–H groups in total. The van der Waals surface area contributed by atoms with E-state index in [1.54, 1.807) is 14.2 Å². The molecule has 0 aromatic heterocycles. The van der Waals surface area contributed by atoms with E-state index in [1.807, 2.05) is 11.8 Å². The summed E-state index contributed by atoms with van der Waals surface area (Å²) in [6.07, 6.45) is 3.06. The summed E-state index contributed by atoms with van der Waals surface area (Å²) < 4.78 is 10.2. The fourth-order valence-electron chi connectivity index (χ4n) is 1.12. The van der Waals surface area contributed by atoms with Gasteiger partial charge in [0.1, 0.15) is 0 Å². The van der Waals surface area contributed by atoms with Gasteiger partial charge in [-0.15, -0.1) is 0 Å². The van der Waals surface area contributed by atoms with E-state index in [1.165, 1.54) is 0 Å². The fraction of sp³-hybridized carbons (Fsp3) is 0.909. The standard InChI is InChI=1S/C11H25N3O2S/c1-12-11(14-6-10-17-3)13-5-4-7-16-9-8-15-2/h4-10H2,1-3H3,(H2,12,13,14). The topological polar surface area (TPSA) is 54.9 Å². The number of nitrogens with one attached hydrogen (secondary N) is 2. The molecule has 0 heterocycles. The predicted octanol–water partition coefficient (Wildman–Crippen LogP) is 0.567. The van der Waals surface area contributed by atoms with Gasteiger partial charge in [0.05, 0.1) is 13.2 Å². The number of aliphatic imine (C=N–C) groups is 1. The molecule has 0 unspecified atom stereocenters. The largest absolute Gasteiger partial charge is 0.382 e. The van der Waals surface area contributed by atoms with Crippen molar-refractivity contribution in [3.05, 3.63) is 0 Å². The summed E-state index contributed by atoms with van der Waals surface area (Å²) in [7, 11) is 3.46. The van der Waals surface area contributed by atoms with Gasteiger partial charge in [-0.3, -0.25) is 4.99 Å². The Kier molecular flexibility index (Phi) is 13.2. The molecule has 6 heteroatoms. The number of ether oxygens (including phenoxy) is 2. The molecule has 0 aromatic rings. The maximum Gasteiger partial charge on any atom is 0.191 e. The third-order valence-corrected chi connectivity index (χ3v) is 2.62. The average Bonchev–Trinajstić information content (AvgIpc) is 2.35. The van der Waals surface area contributed by atoms with Gasteiger partial charge in [0.25, 0.3) is 0 Å². The van der Waals surface area contributed by atoms with E-state index < -0.39 is 0 Å². The number of hydrogen-bond donors (Lipinski definition) is 2. The minimum absolute atomic E-state index is 0.658. The smallest absolute Gasteiger partial charge is 0.191 e. The number of methoxy groups -OCH3 is 1. The molecule has 0 aliphatic carbocycles. The summed E-state index contributed by atoms with van der Waals surface area (Å²) in [5, 5.41) is 6.48. The van der Waals surface area contributed by atoms with Crippen molar-refractivity contribution < 1.29 is 9.47 Å². The van der Waals surface area contributed by atoms with E-state index in [4.69, 9.17) is 9.47 Å². The molecule has 0 atom stereocenters. The van der Waals surface area contributed by atoms with Crippen molar-refractivity contribution in [3.8, 4) is 0 Å².